The van der Waals surface area contributed by atoms with Crippen molar-refractivity contribution < 1.29 is 13.6 Å². The summed E-state index contributed by atoms with van der Waals surface area (Å²) in [5, 5.41) is 7.05. The third-order valence-electron chi connectivity index (χ3n) is 2.39. The number of halogens is 2. The predicted octanol–water partition coefficient (Wildman–Crippen LogP) is 2.75. The molecule has 0 spiro atoms. The monoisotopic (exact) mass is 282 g/mol. The summed E-state index contributed by atoms with van der Waals surface area (Å²) in [6.07, 6.45) is 0. The van der Waals surface area contributed by atoms with Gasteiger partial charge in [-0.1, -0.05) is 12.1 Å². The molecule has 0 bridgehead atoms. The van der Waals surface area contributed by atoms with Crippen LogP contribution >= 0.6 is 11.3 Å². The van der Waals surface area contributed by atoms with Crippen LogP contribution in [0.5, 0.6) is 0 Å². The number of hydrogen-bond acceptors (Lipinski definition) is 3. The molecule has 2 rings (SSSR count). The topological polar surface area (TPSA) is 41.1 Å². The van der Waals surface area contributed by atoms with Crippen molar-refractivity contribution in [2.75, 3.05) is 11.9 Å². The second-order valence-corrected chi connectivity index (χ2v) is 4.86. The fourth-order valence-corrected chi connectivity index (χ4v) is 2.19. The summed E-state index contributed by atoms with van der Waals surface area (Å²) in [5.74, 6) is -2.06. The number of rotatable bonds is 5. The zero-order chi connectivity index (χ0) is 13.7. The predicted molar refractivity (Wildman–Crippen MR) is 71.0 cm³/mol. The van der Waals surface area contributed by atoms with E-state index in [1.165, 1.54) is 6.07 Å². The number of benzene rings is 1. The van der Waals surface area contributed by atoms with Crippen molar-refractivity contribution in [3.05, 3.63) is 52.2 Å². The van der Waals surface area contributed by atoms with E-state index in [-0.39, 0.29) is 6.54 Å². The third-order valence-corrected chi connectivity index (χ3v) is 3.27. The zero-order valence-electron chi connectivity index (χ0n) is 9.95. The fraction of sp³-hybridized carbons (Fsp3) is 0.154. The average Bonchev–Trinajstić information content (AvgIpc) is 2.87. The summed E-state index contributed by atoms with van der Waals surface area (Å²) in [7, 11) is 0. The van der Waals surface area contributed by atoms with Crippen LogP contribution in [0.25, 0.3) is 0 Å². The maximum Gasteiger partial charge on any atom is 0.238 e. The van der Waals surface area contributed by atoms with Gasteiger partial charge in [0, 0.05) is 11.4 Å². The molecule has 0 aliphatic heterocycles. The van der Waals surface area contributed by atoms with E-state index >= 15 is 0 Å². The molecule has 100 valence electrons. The van der Waals surface area contributed by atoms with Crippen molar-refractivity contribution in [3.8, 4) is 0 Å². The van der Waals surface area contributed by atoms with Gasteiger partial charge in [-0.15, -0.1) is 11.3 Å². The number of amides is 1. The van der Waals surface area contributed by atoms with E-state index in [1.54, 1.807) is 11.3 Å². The second-order valence-electron chi connectivity index (χ2n) is 3.83. The van der Waals surface area contributed by atoms with Gasteiger partial charge in [0.15, 0.2) is 0 Å². The molecular formula is C13H12F2N2OS. The minimum absolute atomic E-state index is 0.00826. The Labute approximate surface area is 113 Å². The van der Waals surface area contributed by atoms with Gasteiger partial charge in [0.1, 0.15) is 17.3 Å². The van der Waals surface area contributed by atoms with E-state index in [9.17, 15) is 13.6 Å². The molecule has 1 amide bonds. The van der Waals surface area contributed by atoms with Gasteiger partial charge in [-0.2, -0.15) is 0 Å². The quantitative estimate of drug-likeness (QED) is 0.885. The lowest BCUT2D eigenvalue weighted by Crippen LogP contribution is -2.28. The van der Waals surface area contributed by atoms with E-state index in [2.05, 4.69) is 10.6 Å². The van der Waals surface area contributed by atoms with Crippen LogP contribution in [0.1, 0.15) is 4.88 Å². The van der Waals surface area contributed by atoms with Gasteiger partial charge in [0.25, 0.3) is 0 Å². The lowest BCUT2D eigenvalue weighted by atomic mass is 10.3. The molecule has 0 fully saturated rings. The molecule has 19 heavy (non-hydrogen) atoms. The molecule has 0 saturated carbocycles. The average molecular weight is 282 g/mol. The highest BCUT2D eigenvalue weighted by atomic mass is 32.1. The molecule has 0 aliphatic rings. The SMILES string of the molecule is O=C(CNCc1cccs1)Nc1c(F)cccc1F. The van der Waals surface area contributed by atoms with Crippen LogP contribution in [-0.4, -0.2) is 12.5 Å². The van der Waals surface area contributed by atoms with Gasteiger partial charge >= 0.3 is 0 Å². The molecule has 0 unspecified atom stereocenters. The highest BCUT2D eigenvalue weighted by molar-refractivity contribution is 7.09. The lowest BCUT2D eigenvalue weighted by Gasteiger charge is -2.07. The molecule has 2 N–H and O–H groups in total. The van der Waals surface area contributed by atoms with Crippen molar-refractivity contribution in [2.45, 2.75) is 6.54 Å². The van der Waals surface area contributed by atoms with Crippen molar-refractivity contribution in [2.24, 2.45) is 0 Å². The molecule has 1 aromatic carbocycles. The number of nitrogens with one attached hydrogen (secondary N) is 2. The highest BCUT2D eigenvalue weighted by Crippen LogP contribution is 2.17. The standard InChI is InChI=1S/C13H12F2N2OS/c14-10-4-1-5-11(15)13(10)17-12(18)8-16-7-9-3-2-6-19-9/h1-6,16H,7-8H2,(H,17,18). The Morgan fingerprint density at radius 2 is 1.89 bits per heavy atom. The van der Waals surface area contributed by atoms with Gasteiger partial charge in [-0.3, -0.25) is 4.79 Å². The summed E-state index contributed by atoms with van der Waals surface area (Å²) in [5.41, 5.74) is -0.412. The first kappa shape index (κ1) is 13.6. The minimum atomic E-state index is -0.786. The first-order valence-electron chi connectivity index (χ1n) is 5.64. The first-order chi connectivity index (χ1) is 9.16. The highest BCUT2D eigenvalue weighted by Gasteiger charge is 2.11. The van der Waals surface area contributed by atoms with Crippen molar-refractivity contribution in [1.29, 1.82) is 0 Å². The van der Waals surface area contributed by atoms with Gasteiger partial charge in [-0.05, 0) is 23.6 Å². The lowest BCUT2D eigenvalue weighted by molar-refractivity contribution is -0.115. The maximum atomic E-state index is 13.3. The number of carbonyl (C=O) groups excluding carboxylic acids is 1. The van der Waals surface area contributed by atoms with Crippen molar-refractivity contribution in [1.82, 2.24) is 5.32 Å². The van der Waals surface area contributed by atoms with Crippen LogP contribution in [0.4, 0.5) is 14.5 Å². The summed E-state index contributed by atoms with van der Waals surface area (Å²) in [6.45, 7) is 0.538. The first-order valence-corrected chi connectivity index (χ1v) is 6.52. The van der Waals surface area contributed by atoms with E-state index in [0.717, 1.165) is 17.0 Å². The summed E-state index contributed by atoms with van der Waals surface area (Å²) in [4.78, 5) is 12.6. The summed E-state index contributed by atoms with van der Waals surface area (Å²) in [6, 6.07) is 7.29. The van der Waals surface area contributed by atoms with Crippen molar-refractivity contribution >= 4 is 22.9 Å². The van der Waals surface area contributed by atoms with E-state index in [0.29, 0.717) is 6.54 Å². The Hall–Kier alpha value is -1.79. The Bertz CT molecular complexity index is 538. The molecule has 0 saturated heterocycles. The van der Waals surface area contributed by atoms with Gasteiger partial charge < -0.3 is 10.6 Å². The van der Waals surface area contributed by atoms with Gasteiger partial charge in [0.05, 0.1) is 6.54 Å². The number of thiophene rings is 1. The summed E-state index contributed by atoms with van der Waals surface area (Å²) < 4.78 is 26.6. The summed E-state index contributed by atoms with van der Waals surface area (Å²) >= 11 is 1.57. The molecule has 0 atom stereocenters. The van der Waals surface area contributed by atoms with Crippen LogP contribution in [-0.2, 0) is 11.3 Å². The maximum absolute atomic E-state index is 13.3. The van der Waals surface area contributed by atoms with Crippen molar-refractivity contribution in [3.63, 3.8) is 0 Å². The van der Waals surface area contributed by atoms with Gasteiger partial charge in [-0.25, -0.2) is 8.78 Å². The zero-order valence-corrected chi connectivity index (χ0v) is 10.8. The fourth-order valence-electron chi connectivity index (χ4n) is 1.51. The Kier molecular flexibility index (Phi) is 4.59. The van der Waals surface area contributed by atoms with E-state index in [1.807, 2.05) is 17.5 Å². The normalized spacial score (nSPS) is 10.4. The molecule has 6 heteroatoms. The minimum Gasteiger partial charge on any atom is -0.320 e. The molecular weight excluding hydrogens is 270 g/mol. The molecule has 3 nitrogen and oxygen atoms in total. The van der Waals surface area contributed by atoms with E-state index < -0.39 is 23.2 Å². The molecule has 1 aromatic heterocycles. The Morgan fingerprint density at radius 3 is 2.53 bits per heavy atom. The Balaban J connectivity index is 1.84. The molecule has 1 heterocycles. The number of carbonyl (C=O) groups is 1. The number of para-hydroxylation sites is 1. The van der Waals surface area contributed by atoms with Crippen LogP contribution in [0.15, 0.2) is 35.7 Å². The van der Waals surface area contributed by atoms with Crippen LogP contribution in [0.2, 0.25) is 0 Å². The van der Waals surface area contributed by atoms with Crippen LogP contribution < -0.4 is 10.6 Å². The number of anilines is 1. The second kappa shape index (κ2) is 6.40. The van der Waals surface area contributed by atoms with E-state index in [4.69, 9.17) is 0 Å². The molecule has 0 aliphatic carbocycles. The molecule has 2 aromatic rings. The Morgan fingerprint density at radius 1 is 1.16 bits per heavy atom. The third kappa shape index (κ3) is 3.84. The van der Waals surface area contributed by atoms with Crippen LogP contribution in [0, 0.1) is 11.6 Å². The largest absolute Gasteiger partial charge is 0.320 e. The van der Waals surface area contributed by atoms with Crippen LogP contribution in [0.3, 0.4) is 0 Å². The smallest absolute Gasteiger partial charge is 0.238 e. The number of hydrogen-bond donors (Lipinski definition) is 2. The molecule has 0 radical (unpaired) electrons. The van der Waals surface area contributed by atoms with Gasteiger partial charge in [0.2, 0.25) is 5.91 Å².